The molecule has 2 aromatic rings. The number of ether oxygens (including phenoxy) is 1. The van der Waals surface area contributed by atoms with Crippen LogP contribution in [0.2, 0.25) is 0 Å². The summed E-state index contributed by atoms with van der Waals surface area (Å²) in [4.78, 5) is 20.4. The fourth-order valence-electron chi connectivity index (χ4n) is 2.06. The molecule has 24 heavy (non-hydrogen) atoms. The lowest BCUT2D eigenvalue weighted by molar-refractivity contribution is -0.170. The molecule has 132 valence electrons. The van der Waals surface area contributed by atoms with E-state index in [4.69, 9.17) is 0 Å². The van der Waals surface area contributed by atoms with Crippen molar-refractivity contribution in [2.45, 2.75) is 25.8 Å². The van der Waals surface area contributed by atoms with Gasteiger partial charge in [0.2, 0.25) is 5.91 Å². The number of fused-ring (bicyclic) bond motifs is 1. The van der Waals surface area contributed by atoms with Gasteiger partial charge in [0.1, 0.15) is 19.0 Å². The van der Waals surface area contributed by atoms with E-state index in [2.05, 4.69) is 14.7 Å². The maximum Gasteiger partial charge on any atom is 0.330 e. The van der Waals surface area contributed by atoms with Crippen LogP contribution in [-0.2, 0) is 16.1 Å². The Kier molecular flexibility index (Phi) is 5.43. The first-order valence-electron chi connectivity index (χ1n) is 7.12. The number of H-pyrrole nitrogens is 1. The van der Waals surface area contributed by atoms with Crippen LogP contribution in [0.5, 0.6) is 0 Å². The topological polar surface area (TPSA) is 58.2 Å². The molecule has 0 aliphatic rings. The van der Waals surface area contributed by atoms with Gasteiger partial charge in [-0.15, -0.1) is 0 Å². The van der Waals surface area contributed by atoms with E-state index in [9.17, 15) is 22.4 Å². The highest BCUT2D eigenvalue weighted by molar-refractivity contribution is 5.79. The number of aryl methyl sites for hydroxylation is 1. The van der Waals surface area contributed by atoms with Crippen LogP contribution >= 0.6 is 0 Å². The minimum atomic E-state index is -4.27. The Morgan fingerprint density at radius 1 is 1.42 bits per heavy atom. The number of nitrogens with zero attached hydrogens (tertiary/aromatic N) is 2. The molecule has 1 N–H and O–H groups in total. The fraction of sp³-hybridized carbons (Fsp3) is 0.467. The third kappa shape index (κ3) is 4.22. The van der Waals surface area contributed by atoms with Crippen LogP contribution in [-0.4, -0.2) is 53.4 Å². The van der Waals surface area contributed by atoms with Gasteiger partial charge in [0.25, 0.3) is 0 Å². The van der Waals surface area contributed by atoms with Gasteiger partial charge in [0.05, 0.1) is 17.6 Å². The molecule has 0 aliphatic heterocycles. The van der Waals surface area contributed by atoms with Crippen molar-refractivity contribution in [3.8, 4) is 0 Å². The second-order valence-corrected chi connectivity index (χ2v) is 5.46. The van der Waals surface area contributed by atoms with E-state index in [0.717, 1.165) is 16.6 Å². The van der Waals surface area contributed by atoms with Crippen LogP contribution in [0.3, 0.4) is 0 Å². The molecule has 0 saturated heterocycles. The SMILES string of the molecule is Cc1cccc2[nH]c(CN(C)C(=O)COCC(F)(F)C(F)F)nc12. The zero-order chi connectivity index (χ0) is 17.9. The number of likely N-dealkylation sites (N-methyl/N-ethyl adjacent to an activating group) is 1. The molecule has 9 heteroatoms. The molecule has 5 nitrogen and oxygen atoms in total. The van der Waals surface area contributed by atoms with Gasteiger partial charge in [-0.2, -0.15) is 8.78 Å². The van der Waals surface area contributed by atoms with Crippen LogP contribution in [0.1, 0.15) is 11.4 Å². The number of rotatable bonds is 7. The van der Waals surface area contributed by atoms with E-state index in [-0.39, 0.29) is 6.54 Å². The highest BCUT2D eigenvalue weighted by Gasteiger charge is 2.41. The van der Waals surface area contributed by atoms with Crippen molar-refractivity contribution in [3.63, 3.8) is 0 Å². The summed E-state index contributed by atoms with van der Waals surface area (Å²) >= 11 is 0. The molecule has 0 bridgehead atoms. The molecule has 1 amide bonds. The van der Waals surface area contributed by atoms with Gasteiger partial charge in [-0.1, -0.05) is 12.1 Å². The van der Waals surface area contributed by atoms with Gasteiger partial charge in [-0.25, -0.2) is 13.8 Å². The third-order valence-corrected chi connectivity index (χ3v) is 3.42. The molecule has 1 aromatic heterocycles. The molecule has 0 saturated carbocycles. The van der Waals surface area contributed by atoms with Crippen molar-refractivity contribution in [2.75, 3.05) is 20.3 Å². The Balaban J connectivity index is 1.90. The first-order valence-corrected chi connectivity index (χ1v) is 7.12. The predicted octanol–water partition coefficient (Wildman–Crippen LogP) is 2.75. The van der Waals surface area contributed by atoms with Gasteiger partial charge in [0.15, 0.2) is 0 Å². The predicted molar refractivity (Wildman–Crippen MR) is 79.1 cm³/mol. The second kappa shape index (κ2) is 7.16. The summed E-state index contributed by atoms with van der Waals surface area (Å²) in [5.41, 5.74) is 2.57. The maximum atomic E-state index is 12.7. The van der Waals surface area contributed by atoms with Crippen LogP contribution in [0.15, 0.2) is 18.2 Å². The van der Waals surface area contributed by atoms with Gasteiger partial charge in [-0.3, -0.25) is 4.79 Å². The standard InChI is InChI=1S/C15H17F4N3O2/c1-9-4-3-5-10-13(9)21-11(20-10)6-22(2)12(23)7-24-8-15(18,19)14(16)17/h3-5,14H,6-8H2,1-2H3,(H,20,21). The Bertz CT molecular complexity index is 718. The summed E-state index contributed by atoms with van der Waals surface area (Å²) in [6.07, 6.45) is -3.83. The number of amides is 1. The van der Waals surface area contributed by atoms with E-state index in [1.807, 2.05) is 25.1 Å². The van der Waals surface area contributed by atoms with Gasteiger partial charge in [-0.05, 0) is 18.6 Å². The van der Waals surface area contributed by atoms with Crippen LogP contribution in [0, 0.1) is 6.92 Å². The number of hydrogen-bond acceptors (Lipinski definition) is 3. The Labute approximate surface area is 135 Å². The number of halogens is 4. The molecule has 0 fully saturated rings. The Hall–Kier alpha value is -2.16. The highest BCUT2D eigenvalue weighted by Crippen LogP contribution is 2.22. The van der Waals surface area contributed by atoms with E-state index < -0.39 is 31.5 Å². The number of aromatic nitrogens is 2. The zero-order valence-corrected chi connectivity index (χ0v) is 13.2. The molecule has 0 aliphatic carbocycles. The van der Waals surface area contributed by atoms with Crippen LogP contribution < -0.4 is 0 Å². The zero-order valence-electron chi connectivity index (χ0n) is 13.2. The first-order chi connectivity index (χ1) is 11.2. The fourth-order valence-corrected chi connectivity index (χ4v) is 2.06. The minimum Gasteiger partial charge on any atom is -0.365 e. The normalized spacial score (nSPS) is 12.1. The summed E-state index contributed by atoms with van der Waals surface area (Å²) in [5, 5.41) is 0. The number of nitrogens with one attached hydrogen (secondary N) is 1. The highest BCUT2D eigenvalue weighted by atomic mass is 19.3. The molecular formula is C15H17F4N3O2. The van der Waals surface area contributed by atoms with Gasteiger partial charge < -0.3 is 14.6 Å². The summed E-state index contributed by atoms with van der Waals surface area (Å²) in [5.74, 6) is -4.36. The molecule has 0 spiro atoms. The van der Waals surface area contributed by atoms with Crippen molar-refractivity contribution >= 4 is 16.9 Å². The number of carbonyl (C=O) groups excluding carboxylic acids is 1. The van der Waals surface area contributed by atoms with E-state index in [0.29, 0.717) is 5.82 Å². The molecule has 1 aromatic carbocycles. The molecule has 0 atom stereocenters. The van der Waals surface area contributed by atoms with Crippen molar-refractivity contribution in [2.24, 2.45) is 0 Å². The number of hydrogen-bond donors (Lipinski definition) is 1. The summed E-state index contributed by atoms with van der Waals surface area (Å²) in [6, 6.07) is 5.61. The van der Waals surface area contributed by atoms with Crippen molar-refractivity contribution in [3.05, 3.63) is 29.6 Å². The maximum absolute atomic E-state index is 12.7. The smallest absolute Gasteiger partial charge is 0.330 e. The lowest BCUT2D eigenvalue weighted by Gasteiger charge is -2.18. The molecule has 1 heterocycles. The lowest BCUT2D eigenvalue weighted by Crippen LogP contribution is -2.36. The molecule has 2 rings (SSSR count). The number of benzene rings is 1. The average Bonchev–Trinajstić information content (AvgIpc) is 2.90. The quantitative estimate of drug-likeness (QED) is 0.784. The summed E-state index contributed by atoms with van der Waals surface area (Å²) < 4.78 is 53.7. The van der Waals surface area contributed by atoms with Crippen LogP contribution in [0.4, 0.5) is 17.6 Å². The third-order valence-electron chi connectivity index (χ3n) is 3.42. The number of imidazole rings is 1. The Morgan fingerprint density at radius 2 is 2.12 bits per heavy atom. The largest absolute Gasteiger partial charge is 0.365 e. The monoisotopic (exact) mass is 347 g/mol. The first kappa shape index (κ1) is 18.2. The number of carbonyl (C=O) groups is 1. The average molecular weight is 347 g/mol. The second-order valence-electron chi connectivity index (χ2n) is 5.46. The van der Waals surface area contributed by atoms with E-state index in [1.165, 1.54) is 11.9 Å². The molecule has 0 radical (unpaired) electrons. The van der Waals surface area contributed by atoms with Crippen molar-refractivity contribution in [1.29, 1.82) is 0 Å². The lowest BCUT2D eigenvalue weighted by atomic mass is 10.2. The van der Waals surface area contributed by atoms with Crippen molar-refractivity contribution in [1.82, 2.24) is 14.9 Å². The number of para-hydroxylation sites is 1. The van der Waals surface area contributed by atoms with Crippen molar-refractivity contribution < 1.29 is 27.1 Å². The number of aromatic amines is 1. The Morgan fingerprint density at radius 3 is 2.75 bits per heavy atom. The van der Waals surface area contributed by atoms with E-state index >= 15 is 0 Å². The van der Waals surface area contributed by atoms with Gasteiger partial charge in [0, 0.05) is 7.05 Å². The summed E-state index contributed by atoms with van der Waals surface area (Å²) in [6.45, 7) is -0.202. The van der Waals surface area contributed by atoms with Crippen LogP contribution in [0.25, 0.3) is 11.0 Å². The minimum absolute atomic E-state index is 0.113. The van der Waals surface area contributed by atoms with Gasteiger partial charge >= 0.3 is 12.3 Å². The molecular weight excluding hydrogens is 330 g/mol. The summed E-state index contributed by atoms with van der Waals surface area (Å²) in [7, 11) is 1.44. The number of alkyl halides is 4. The molecule has 0 unspecified atom stereocenters. The van der Waals surface area contributed by atoms with E-state index in [1.54, 1.807) is 0 Å².